The Morgan fingerprint density at radius 1 is 1.17 bits per heavy atom. The van der Waals surface area contributed by atoms with E-state index < -0.39 is 47.7 Å². The highest BCUT2D eigenvalue weighted by atomic mass is 19.3. The van der Waals surface area contributed by atoms with Crippen LogP contribution in [0.15, 0.2) is 30.5 Å². The van der Waals surface area contributed by atoms with Crippen molar-refractivity contribution >= 4 is 5.97 Å². The molecular weight excluding hydrogens is 410 g/mol. The number of pyridine rings is 1. The van der Waals surface area contributed by atoms with Crippen molar-refractivity contribution in [1.29, 1.82) is 0 Å². The van der Waals surface area contributed by atoms with Crippen LogP contribution in [0.5, 0.6) is 11.5 Å². The van der Waals surface area contributed by atoms with Gasteiger partial charge in [-0.2, -0.15) is 13.2 Å². The van der Waals surface area contributed by atoms with Crippen LogP contribution in [0.3, 0.4) is 0 Å². The number of ether oxygens (including phenoxy) is 3. The summed E-state index contributed by atoms with van der Waals surface area (Å²) in [6.45, 7) is -1.05. The normalized spacial score (nSPS) is 19.3. The number of carbonyl (C=O) groups is 1. The molecule has 1 atom stereocenters. The molecule has 0 amide bonds. The molecule has 0 radical (unpaired) electrons. The minimum absolute atomic E-state index is 0.246. The number of halogens is 4. The van der Waals surface area contributed by atoms with E-state index in [9.17, 15) is 22.4 Å². The Hall–Kier alpha value is -2.88. The van der Waals surface area contributed by atoms with Gasteiger partial charge in [-0.3, -0.25) is 4.98 Å². The third-order valence-electron chi connectivity index (χ3n) is 4.66. The Labute approximate surface area is 169 Å². The number of benzene rings is 1. The van der Waals surface area contributed by atoms with Crippen molar-refractivity contribution in [3.8, 4) is 11.5 Å². The van der Waals surface area contributed by atoms with Gasteiger partial charge >= 0.3 is 12.6 Å². The van der Waals surface area contributed by atoms with E-state index in [1.165, 1.54) is 6.20 Å². The Bertz CT molecular complexity index is 888. The van der Waals surface area contributed by atoms with E-state index in [4.69, 9.17) is 14.6 Å². The first-order valence-electron chi connectivity index (χ1n) is 9.22. The van der Waals surface area contributed by atoms with Gasteiger partial charge in [-0.25, -0.2) is 9.18 Å². The zero-order valence-corrected chi connectivity index (χ0v) is 15.9. The van der Waals surface area contributed by atoms with Crippen molar-refractivity contribution in [2.24, 2.45) is 0 Å². The molecule has 1 aromatic carbocycles. The number of hydrogen-bond acceptors (Lipinski definition) is 5. The number of hydrogen-bond donors (Lipinski definition) is 1. The van der Waals surface area contributed by atoms with Gasteiger partial charge in [0, 0.05) is 12.8 Å². The molecule has 0 spiro atoms. The summed E-state index contributed by atoms with van der Waals surface area (Å²) in [5.74, 6) is -4.47. The number of carboxylic acid groups (broad SMARTS) is 1. The van der Waals surface area contributed by atoms with Crippen LogP contribution < -0.4 is 9.47 Å². The number of rotatable bonds is 9. The van der Waals surface area contributed by atoms with E-state index in [0.29, 0.717) is 30.7 Å². The molecule has 3 rings (SSSR count). The van der Waals surface area contributed by atoms with E-state index in [1.54, 1.807) is 19.1 Å². The Kier molecular flexibility index (Phi) is 6.76. The third kappa shape index (κ3) is 4.99. The highest BCUT2D eigenvalue weighted by molar-refractivity contribution is 5.88. The minimum atomic E-state index is -2.80. The van der Waals surface area contributed by atoms with Crippen LogP contribution in [0.1, 0.15) is 48.3 Å². The first-order valence-corrected chi connectivity index (χ1v) is 9.22. The van der Waals surface area contributed by atoms with Gasteiger partial charge in [-0.15, -0.1) is 0 Å². The molecule has 0 bridgehead atoms. The summed E-state index contributed by atoms with van der Waals surface area (Å²) in [5, 5.41) is 8.84. The lowest BCUT2D eigenvalue weighted by molar-refractivity contribution is -0.196. The molecule has 1 aliphatic carbocycles. The van der Waals surface area contributed by atoms with E-state index in [1.807, 2.05) is 0 Å². The second kappa shape index (κ2) is 9.29. The van der Waals surface area contributed by atoms with E-state index in [-0.39, 0.29) is 6.10 Å². The zero-order valence-electron chi connectivity index (χ0n) is 15.9. The van der Waals surface area contributed by atoms with Gasteiger partial charge in [0.1, 0.15) is 18.0 Å². The van der Waals surface area contributed by atoms with Crippen LogP contribution in [0.4, 0.5) is 17.6 Å². The van der Waals surface area contributed by atoms with Crippen LogP contribution in [-0.4, -0.2) is 34.9 Å². The summed E-state index contributed by atoms with van der Waals surface area (Å²) in [6.07, 6.45) is 1.02. The second-order valence-corrected chi connectivity index (χ2v) is 6.71. The highest BCUT2D eigenvalue weighted by Gasteiger charge is 2.33. The van der Waals surface area contributed by atoms with Crippen molar-refractivity contribution in [2.45, 2.75) is 51.1 Å². The van der Waals surface area contributed by atoms with Crippen molar-refractivity contribution in [3.63, 3.8) is 0 Å². The lowest BCUT2D eigenvalue weighted by Gasteiger charge is -2.34. The summed E-state index contributed by atoms with van der Waals surface area (Å²) in [6, 6.07) is 5.18. The monoisotopic (exact) mass is 429 g/mol. The SMILES string of the molecule is CC[C@@H](Oc1ccc(C(=O)O)c(F)c1F)c1ccc(OC2CC(OC(F)F)C2)cn1. The first-order chi connectivity index (χ1) is 14.3. The molecule has 0 aliphatic heterocycles. The number of alkyl halides is 2. The van der Waals surface area contributed by atoms with E-state index >= 15 is 0 Å². The van der Waals surface area contributed by atoms with Crippen LogP contribution in [0.2, 0.25) is 0 Å². The third-order valence-corrected chi connectivity index (χ3v) is 4.66. The smallest absolute Gasteiger partial charge is 0.345 e. The van der Waals surface area contributed by atoms with Crippen LogP contribution in [0.25, 0.3) is 0 Å². The molecule has 1 saturated carbocycles. The van der Waals surface area contributed by atoms with Crippen molar-refractivity contribution in [1.82, 2.24) is 4.98 Å². The molecule has 0 unspecified atom stereocenters. The Morgan fingerprint density at radius 3 is 2.47 bits per heavy atom. The number of aromatic nitrogens is 1. The molecule has 1 fully saturated rings. The van der Waals surface area contributed by atoms with Gasteiger partial charge in [-0.1, -0.05) is 6.92 Å². The second-order valence-electron chi connectivity index (χ2n) is 6.71. The standard InChI is InChI=1S/C20H19F4NO5/c1-2-15(30-16-6-4-13(19(26)27)17(21)18(16)22)14-5-3-10(9-25-14)28-11-7-12(8-11)29-20(23)24/h3-6,9,11-12,15,20H,2,7-8H2,1H3,(H,26,27)/t11?,12?,15-/m1/s1. The molecule has 162 valence electrons. The largest absolute Gasteiger partial charge is 0.489 e. The van der Waals surface area contributed by atoms with Crippen molar-refractivity contribution in [3.05, 3.63) is 53.4 Å². The first kappa shape index (κ1) is 21.8. The molecule has 6 nitrogen and oxygen atoms in total. The lowest BCUT2D eigenvalue weighted by atomic mass is 9.92. The maximum Gasteiger partial charge on any atom is 0.345 e. The molecule has 0 saturated heterocycles. The zero-order chi connectivity index (χ0) is 21.8. The average molecular weight is 429 g/mol. The van der Waals surface area contributed by atoms with Gasteiger partial charge in [0.15, 0.2) is 11.6 Å². The highest BCUT2D eigenvalue weighted by Crippen LogP contribution is 2.31. The number of aromatic carboxylic acids is 1. The topological polar surface area (TPSA) is 77.9 Å². The summed E-state index contributed by atoms with van der Waals surface area (Å²) in [5.41, 5.74) is -0.357. The molecule has 1 aromatic heterocycles. The molecule has 10 heteroatoms. The van der Waals surface area contributed by atoms with E-state index in [0.717, 1.165) is 12.1 Å². The maximum absolute atomic E-state index is 14.1. The van der Waals surface area contributed by atoms with Crippen LogP contribution >= 0.6 is 0 Å². The van der Waals surface area contributed by atoms with Gasteiger partial charge in [0.2, 0.25) is 5.82 Å². The van der Waals surface area contributed by atoms with Gasteiger partial charge in [-0.05, 0) is 30.7 Å². The molecule has 30 heavy (non-hydrogen) atoms. The summed E-state index contributed by atoms with van der Waals surface area (Å²) in [7, 11) is 0. The molecular formula is C20H19F4NO5. The van der Waals surface area contributed by atoms with Gasteiger partial charge < -0.3 is 19.3 Å². The predicted octanol–water partition coefficient (Wildman–Crippen LogP) is 4.74. The Balaban J connectivity index is 1.62. The Morgan fingerprint density at radius 2 is 1.90 bits per heavy atom. The summed E-state index contributed by atoms with van der Waals surface area (Å²) in [4.78, 5) is 15.1. The average Bonchev–Trinajstić information content (AvgIpc) is 2.67. The van der Waals surface area contributed by atoms with Crippen molar-refractivity contribution < 1.29 is 41.7 Å². The molecule has 1 aliphatic rings. The summed E-state index contributed by atoms with van der Waals surface area (Å²) >= 11 is 0. The quantitative estimate of drug-likeness (QED) is 0.581. The predicted molar refractivity (Wildman–Crippen MR) is 95.7 cm³/mol. The lowest BCUT2D eigenvalue weighted by Crippen LogP contribution is -2.40. The fourth-order valence-corrected chi connectivity index (χ4v) is 3.01. The van der Waals surface area contributed by atoms with Gasteiger partial charge in [0.25, 0.3) is 0 Å². The maximum atomic E-state index is 14.1. The molecule has 1 N–H and O–H groups in total. The molecule has 1 heterocycles. The van der Waals surface area contributed by atoms with Crippen molar-refractivity contribution in [2.75, 3.05) is 0 Å². The number of nitrogens with zero attached hydrogens (tertiary/aromatic N) is 1. The number of carboxylic acids is 1. The summed E-state index contributed by atoms with van der Waals surface area (Å²) < 4.78 is 67.7. The van der Waals surface area contributed by atoms with Crippen LogP contribution in [0, 0.1) is 11.6 Å². The van der Waals surface area contributed by atoms with E-state index in [2.05, 4.69) is 9.72 Å². The fourth-order valence-electron chi connectivity index (χ4n) is 3.01. The van der Waals surface area contributed by atoms with Crippen LogP contribution in [-0.2, 0) is 4.74 Å². The van der Waals surface area contributed by atoms with Gasteiger partial charge in [0.05, 0.1) is 23.6 Å². The minimum Gasteiger partial charge on any atom is -0.489 e. The molecule has 2 aromatic rings. The fraction of sp³-hybridized carbons (Fsp3) is 0.400.